The molecular formula is C24H30N4O4. The maximum atomic E-state index is 12.7. The van der Waals surface area contributed by atoms with E-state index in [0.29, 0.717) is 45.1 Å². The van der Waals surface area contributed by atoms with Crippen molar-refractivity contribution in [2.75, 3.05) is 39.4 Å². The molecule has 1 aliphatic rings. The number of aliphatic hydroxyl groups is 1. The normalized spacial score (nSPS) is 16.1. The van der Waals surface area contributed by atoms with Crippen LogP contribution in [-0.4, -0.2) is 71.0 Å². The lowest BCUT2D eigenvalue weighted by Gasteiger charge is -2.29. The summed E-state index contributed by atoms with van der Waals surface area (Å²) in [7, 11) is 0. The standard InChI is InChI=1S/C24H30N4O4/c1-18(24(30)28-12-14-31-15-13-28)32-23-6-2-5-21-20(23)7-10-27(21)11-9-26-17-22(29)19-4-3-8-25-16-19/h2-8,10,16,18,22,26,29H,9,11-15,17H2,1H3/t18-,22-/m0/s1. The molecule has 0 aliphatic carbocycles. The summed E-state index contributed by atoms with van der Waals surface area (Å²) in [6.45, 7) is 6.07. The Morgan fingerprint density at radius 2 is 2.09 bits per heavy atom. The summed E-state index contributed by atoms with van der Waals surface area (Å²) in [6, 6.07) is 11.6. The average molecular weight is 439 g/mol. The van der Waals surface area contributed by atoms with Crippen LogP contribution in [0.1, 0.15) is 18.6 Å². The molecule has 3 heterocycles. The van der Waals surface area contributed by atoms with Crippen LogP contribution in [0.3, 0.4) is 0 Å². The molecule has 2 aromatic heterocycles. The summed E-state index contributed by atoms with van der Waals surface area (Å²) < 4.78 is 13.5. The molecule has 0 radical (unpaired) electrons. The van der Waals surface area contributed by atoms with E-state index < -0.39 is 12.2 Å². The van der Waals surface area contributed by atoms with Crippen LogP contribution >= 0.6 is 0 Å². The molecule has 1 aliphatic heterocycles. The zero-order valence-corrected chi connectivity index (χ0v) is 18.3. The number of aliphatic hydroxyl groups excluding tert-OH is 1. The predicted octanol–water partition coefficient (Wildman–Crippen LogP) is 1.99. The molecule has 8 nitrogen and oxygen atoms in total. The Balaban J connectivity index is 1.33. The Kier molecular flexibility index (Phi) is 7.36. The van der Waals surface area contributed by atoms with Crippen molar-refractivity contribution in [3.8, 4) is 5.75 Å². The van der Waals surface area contributed by atoms with E-state index in [1.165, 1.54) is 0 Å². The van der Waals surface area contributed by atoms with Gasteiger partial charge in [0.05, 0.1) is 24.8 Å². The highest BCUT2D eigenvalue weighted by atomic mass is 16.5. The number of carbonyl (C=O) groups is 1. The van der Waals surface area contributed by atoms with Gasteiger partial charge in [-0.25, -0.2) is 0 Å². The minimum absolute atomic E-state index is 0.0129. The van der Waals surface area contributed by atoms with Crippen molar-refractivity contribution in [1.82, 2.24) is 19.8 Å². The number of benzene rings is 1. The van der Waals surface area contributed by atoms with Gasteiger partial charge in [0.25, 0.3) is 5.91 Å². The van der Waals surface area contributed by atoms with E-state index >= 15 is 0 Å². The highest BCUT2D eigenvalue weighted by Crippen LogP contribution is 2.27. The number of amides is 1. The second kappa shape index (κ2) is 10.6. The second-order valence-corrected chi connectivity index (χ2v) is 7.90. The van der Waals surface area contributed by atoms with Gasteiger partial charge in [-0.1, -0.05) is 12.1 Å². The zero-order chi connectivity index (χ0) is 22.3. The fourth-order valence-corrected chi connectivity index (χ4v) is 3.90. The first kappa shape index (κ1) is 22.3. The van der Waals surface area contributed by atoms with E-state index in [-0.39, 0.29) is 5.91 Å². The number of hydrogen-bond acceptors (Lipinski definition) is 6. The molecule has 0 unspecified atom stereocenters. The third kappa shape index (κ3) is 5.27. The summed E-state index contributed by atoms with van der Waals surface area (Å²) in [6.07, 6.45) is 4.25. The van der Waals surface area contributed by atoms with E-state index in [2.05, 4.69) is 14.9 Å². The summed E-state index contributed by atoms with van der Waals surface area (Å²) >= 11 is 0. The maximum absolute atomic E-state index is 12.7. The lowest BCUT2D eigenvalue weighted by molar-refractivity contribution is -0.142. The first-order chi connectivity index (χ1) is 15.6. The molecule has 3 aromatic rings. The molecule has 170 valence electrons. The van der Waals surface area contributed by atoms with Crippen molar-refractivity contribution in [3.05, 3.63) is 60.6 Å². The van der Waals surface area contributed by atoms with E-state index in [9.17, 15) is 9.90 Å². The van der Waals surface area contributed by atoms with Crippen molar-refractivity contribution in [2.45, 2.75) is 25.7 Å². The van der Waals surface area contributed by atoms with Gasteiger partial charge >= 0.3 is 0 Å². The molecule has 2 atom stereocenters. The highest BCUT2D eigenvalue weighted by molar-refractivity contribution is 5.87. The number of hydrogen-bond donors (Lipinski definition) is 2. The molecule has 1 aromatic carbocycles. The fraction of sp³-hybridized carbons (Fsp3) is 0.417. The molecule has 0 saturated carbocycles. The third-order valence-corrected chi connectivity index (χ3v) is 5.68. The summed E-state index contributed by atoms with van der Waals surface area (Å²) in [5, 5.41) is 14.5. The van der Waals surface area contributed by atoms with Crippen LogP contribution in [-0.2, 0) is 16.1 Å². The molecule has 2 N–H and O–H groups in total. The van der Waals surface area contributed by atoms with Gasteiger partial charge < -0.3 is 29.4 Å². The summed E-state index contributed by atoms with van der Waals surface area (Å²) in [5.41, 5.74) is 1.84. The Bertz CT molecular complexity index is 1020. The van der Waals surface area contributed by atoms with Crippen molar-refractivity contribution in [1.29, 1.82) is 0 Å². The van der Waals surface area contributed by atoms with Crippen LogP contribution in [0.25, 0.3) is 10.9 Å². The van der Waals surface area contributed by atoms with Crippen LogP contribution in [0, 0.1) is 0 Å². The van der Waals surface area contributed by atoms with Crippen LogP contribution in [0.5, 0.6) is 5.75 Å². The Hall–Kier alpha value is -2.94. The van der Waals surface area contributed by atoms with Gasteiger partial charge in [-0.15, -0.1) is 0 Å². The van der Waals surface area contributed by atoms with Gasteiger partial charge in [-0.3, -0.25) is 9.78 Å². The number of aromatic nitrogens is 2. The molecule has 1 amide bonds. The summed E-state index contributed by atoms with van der Waals surface area (Å²) in [5.74, 6) is 0.691. The number of carbonyl (C=O) groups excluding carboxylic acids is 1. The first-order valence-electron chi connectivity index (χ1n) is 11.0. The molecule has 4 rings (SSSR count). The van der Waals surface area contributed by atoms with Gasteiger partial charge in [0.1, 0.15) is 5.75 Å². The Morgan fingerprint density at radius 1 is 1.25 bits per heavy atom. The van der Waals surface area contributed by atoms with Gasteiger partial charge in [0.2, 0.25) is 0 Å². The fourth-order valence-electron chi connectivity index (χ4n) is 3.90. The lowest BCUT2D eigenvalue weighted by atomic mass is 10.1. The minimum Gasteiger partial charge on any atom is -0.480 e. The van der Waals surface area contributed by atoms with Gasteiger partial charge in [-0.2, -0.15) is 0 Å². The SMILES string of the molecule is C[C@H](Oc1cccc2c1ccn2CCNC[C@H](O)c1cccnc1)C(=O)N1CCOCC1. The first-order valence-corrected chi connectivity index (χ1v) is 11.0. The molecule has 8 heteroatoms. The molecule has 0 spiro atoms. The van der Waals surface area contributed by atoms with E-state index in [0.717, 1.165) is 23.0 Å². The van der Waals surface area contributed by atoms with Crippen molar-refractivity contribution >= 4 is 16.8 Å². The zero-order valence-electron chi connectivity index (χ0n) is 18.3. The van der Waals surface area contributed by atoms with Gasteiger partial charge in [0.15, 0.2) is 6.10 Å². The monoisotopic (exact) mass is 438 g/mol. The van der Waals surface area contributed by atoms with Crippen molar-refractivity contribution < 1.29 is 19.4 Å². The number of morpholine rings is 1. The maximum Gasteiger partial charge on any atom is 0.263 e. The number of ether oxygens (including phenoxy) is 2. The molecule has 1 fully saturated rings. The Morgan fingerprint density at radius 3 is 2.88 bits per heavy atom. The van der Waals surface area contributed by atoms with Crippen LogP contribution in [0.4, 0.5) is 0 Å². The number of nitrogens with zero attached hydrogens (tertiary/aromatic N) is 3. The molecule has 0 bridgehead atoms. The average Bonchev–Trinajstić information content (AvgIpc) is 3.26. The van der Waals surface area contributed by atoms with Gasteiger partial charge in [-0.05, 0) is 31.2 Å². The quantitative estimate of drug-likeness (QED) is 0.497. The number of nitrogens with one attached hydrogen (secondary N) is 1. The predicted molar refractivity (Wildman–Crippen MR) is 121 cm³/mol. The molecular weight excluding hydrogens is 408 g/mol. The summed E-state index contributed by atoms with van der Waals surface area (Å²) in [4.78, 5) is 18.5. The molecule has 1 saturated heterocycles. The topological polar surface area (TPSA) is 88.8 Å². The van der Waals surface area contributed by atoms with Crippen molar-refractivity contribution in [3.63, 3.8) is 0 Å². The number of fused-ring (bicyclic) bond motifs is 1. The number of rotatable bonds is 9. The van der Waals surface area contributed by atoms with Crippen LogP contribution < -0.4 is 10.1 Å². The second-order valence-electron chi connectivity index (χ2n) is 7.90. The lowest BCUT2D eigenvalue weighted by Crippen LogP contribution is -2.46. The van der Waals surface area contributed by atoms with E-state index in [1.54, 1.807) is 24.2 Å². The number of pyridine rings is 1. The van der Waals surface area contributed by atoms with Crippen LogP contribution in [0.15, 0.2) is 55.0 Å². The smallest absolute Gasteiger partial charge is 0.263 e. The molecule has 32 heavy (non-hydrogen) atoms. The minimum atomic E-state index is -0.587. The third-order valence-electron chi connectivity index (χ3n) is 5.68. The van der Waals surface area contributed by atoms with E-state index in [1.807, 2.05) is 42.6 Å². The van der Waals surface area contributed by atoms with E-state index in [4.69, 9.17) is 9.47 Å². The highest BCUT2D eigenvalue weighted by Gasteiger charge is 2.24. The largest absolute Gasteiger partial charge is 0.480 e. The van der Waals surface area contributed by atoms with Crippen LogP contribution in [0.2, 0.25) is 0 Å². The Labute approximate surface area is 187 Å². The van der Waals surface area contributed by atoms with Gasteiger partial charge in [0, 0.05) is 62.3 Å². The van der Waals surface area contributed by atoms with Crippen molar-refractivity contribution in [2.24, 2.45) is 0 Å².